The molecule has 0 saturated heterocycles. The van der Waals surface area contributed by atoms with Crippen LogP contribution in [0.25, 0.3) is 0 Å². The predicted octanol–water partition coefficient (Wildman–Crippen LogP) is 7.11. The first-order valence-corrected chi connectivity index (χ1v) is 14.2. The van der Waals surface area contributed by atoms with Crippen molar-refractivity contribution in [3.05, 3.63) is 108 Å². The Morgan fingerprint density at radius 1 is 0.895 bits per heavy atom. The summed E-state index contributed by atoms with van der Waals surface area (Å²) in [6, 6.07) is 24.4. The molecule has 0 N–H and O–H groups in total. The zero-order valence-electron chi connectivity index (χ0n) is 21.7. The number of carbonyl (C=O) groups is 1. The van der Waals surface area contributed by atoms with Crippen LogP contribution in [0, 0.1) is 0 Å². The van der Waals surface area contributed by atoms with Gasteiger partial charge in [0, 0.05) is 23.3 Å². The summed E-state index contributed by atoms with van der Waals surface area (Å²) in [4.78, 5) is 13.4. The van der Waals surface area contributed by atoms with E-state index in [4.69, 9.17) is 9.47 Å². The second kappa shape index (κ2) is 12.6. The van der Waals surface area contributed by atoms with Gasteiger partial charge in [0.15, 0.2) is 7.14 Å². The lowest BCUT2D eigenvalue weighted by atomic mass is 9.92. The molecule has 0 heterocycles. The van der Waals surface area contributed by atoms with E-state index in [1.54, 1.807) is 67.3 Å². The van der Waals surface area contributed by atoms with E-state index in [2.05, 4.69) is 0 Å². The summed E-state index contributed by atoms with van der Waals surface area (Å²) in [6.45, 7) is 3.56. The Bertz CT molecular complexity index is 1220. The normalized spacial score (nSPS) is 14.9. The van der Waals surface area contributed by atoms with Gasteiger partial charge >= 0.3 is 12.1 Å². The van der Waals surface area contributed by atoms with Crippen LogP contribution in [0.3, 0.4) is 0 Å². The van der Waals surface area contributed by atoms with E-state index in [1.807, 2.05) is 19.1 Å². The highest BCUT2D eigenvalue weighted by Gasteiger charge is 2.64. The lowest BCUT2D eigenvalue weighted by Gasteiger charge is -2.34. The summed E-state index contributed by atoms with van der Waals surface area (Å²) >= 11 is 0. The fraction of sp³-hybridized carbons (Fsp3) is 0.300. The van der Waals surface area contributed by atoms with Crippen LogP contribution in [-0.4, -0.2) is 25.4 Å². The van der Waals surface area contributed by atoms with Crippen LogP contribution >= 0.6 is 7.14 Å². The molecular weight excluding hydrogens is 512 g/mol. The fourth-order valence-corrected chi connectivity index (χ4v) is 6.90. The number of methoxy groups -OCH3 is 1. The Hall–Kier alpha value is -3.15. The number of alkyl halides is 3. The standard InChI is InChI=1S/C30H32F3O4P/c1-4-5-21-27(37-28(34)29(36-3,30(31,32)33)24-15-9-6-10-16-24)23(2)22-38(35,25-17-11-7-12-18-25)26-19-13-8-14-20-26/h6-20,22,27H,4-5,21H2,1-3H3/b23-22+/t27-,29?/m1/s1. The second-order valence-corrected chi connectivity index (χ2v) is 11.6. The highest BCUT2D eigenvalue weighted by Crippen LogP contribution is 2.47. The molecular formula is C30H32F3O4P. The van der Waals surface area contributed by atoms with Crippen molar-refractivity contribution in [2.45, 2.75) is 51.0 Å². The molecule has 0 aliphatic rings. The van der Waals surface area contributed by atoms with Gasteiger partial charge in [-0.15, -0.1) is 0 Å². The molecule has 3 aromatic rings. The Kier molecular flexibility index (Phi) is 9.75. The minimum absolute atomic E-state index is 0.264. The van der Waals surface area contributed by atoms with Crippen molar-refractivity contribution in [1.29, 1.82) is 0 Å². The van der Waals surface area contributed by atoms with Crippen molar-refractivity contribution in [2.24, 2.45) is 0 Å². The van der Waals surface area contributed by atoms with E-state index in [9.17, 15) is 22.5 Å². The Labute approximate surface area is 221 Å². The van der Waals surface area contributed by atoms with Gasteiger partial charge < -0.3 is 14.0 Å². The average Bonchev–Trinajstić information content (AvgIpc) is 2.92. The van der Waals surface area contributed by atoms with Crippen LogP contribution in [0.2, 0.25) is 0 Å². The minimum Gasteiger partial charge on any atom is -0.455 e. The van der Waals surface area contributed by atoms with Gasteiger partial charge in [-0.3, -0.25) is 0 Å². The van der Waals surface area contributed by atoms with Gasteiger partial charge in [0.25, 0.3) is 5.60 Å². The number of halogens is 3. The van der Waals surface area contributed by atoms with E-state index in [1.165, 1.54) is 24.3 Å². The molecule has 0 aliphatic carbocycles. The molecule has 0 bridgehead atoms. The second-order valence-electron chi connectivity index (χ2n) is 8.99. The van der Waals surface area contributed by atoms with Gasteiger partial charge in [-0.05, 0) is 31.2 Å². The van der Waals surface area contributed by atoms with Crippen molar-refractivity contribution in [2.75, 3.05) is 7.11 Å². The maximum Gasteiger partial charge on any atom is 0.432 e. The van der Waals surface area contributed by atoms with Crippen LogP contribution in [0.15, 0.2) is 102 Å². The number of hydrogen-bond acceptors (Lipinski definition) is 4. The van der Waals surface area contributed by atoms with Gasteiger partial charge in [0.1, 0.15) is 6.10 Å². The highest BCUT2D eigenvalue weighted by atomic mass is 31.2. The van der Waals surface area contributed by atoms with Crippen LogP contribution in [0.1, 0.15) is 38.7 Å². The summed E-state index contributed by atoms with van der Waals surface area (Å²) in [5, 5.41) is 1.13. The van der Waals surface area contributed by atoms with Crippen molar-refractivity contribution >= 4 is 23.7 Å². The molecule has 38 heavy (non-hydrogen) atoms. The maximum atomic E-state index is 14.5. The van der Waals surface area contributed by atoms with Gasteiger partial charge in [-0.1, -0.05) is 104 Å². The van der Waals surface area contributed by atoms with Crippen molar-refractivity contribution in [1.82, 2.24) is 0 Å². The van der Waals surface area contributed by atoms with Crippen LogP contribution < -0.4 is 10.6 Å². The zero-order valence-corrected chi connectivity index (χ0v) is 22.5. The molecule has 3 aromatic carbocycles. The van der Waals surface area contributed by atoms with E-state index in [-0.39, 0.29) is 12.0 Å². The Balaban J connectivity index is 2.09. The van der Waals surface area contributed by atoms with E-state index < -0.39 is 31.0 Å². The molecule has 3 rings (SSSR count). The number of ether oxygens (including phenoxy) is 2. The average molecular weight is 545 g/mol. The number of unbranched alkanes of at least 4 members (excludes halogenated alkanes) is 1. The Morgan fingerprint density at radius 2 is 1.37 bits per heavy atom. The molecule has 0 saturated carbocycles. The predicted molar refractivity (Wildman–Crippen MR) is 144 cm³/mol. The van der Waals surface area contributed by atoms with E-state index >= 15 is 0 Å². The molecule has 0 aliphatic heterocycles. The molecule has 0 amide bonds. The molecule has 4 nitrogen and oxygen atoms in total. The topological polar surface area (TPSA) is 52.6 Å². The highest BCUT2D eigenvalue weighted by molar-refractivity contribution is 7.81. The first-order valence-electron chi connectivity index (χ1n) is 12.4. The molecule has 0 aromatic heterocycles. The summed E-state index contributed by atoms with van der Waals surface area (Å²) in [6.07, 6.45) is -4.55. The van der Waals surface area contributed by atoms with Crippen molar-refractivity contribution in [3.8, 4) is 0 Å². The smallest absolute Gasteiger partial charge is 0.432 e. The van der Waals surface area contributed by atoms with Gasteiger partial charge in [0.2, 0.25) is 0 Å². The molecule has 202 valence electrons. The molecule has 0 fully saturated rings. The number of benzene rings is 3. The first-order chi connectivity index (χ1) is 18.1. The lowest BCUT2D eigenvalue weighted by molar-refractivity contribution is -0.277. The van der Waals surface area contributed by atoms with Crippen LogP contribution in [0.4, 0.5) is 13.2 Å². The lowest BCUT2D eigenvalue weighted by Crippen LogP contribution is -2.52. The zero-order chi connectivity index (χ0) is 27.8. The van der Waals surface area contributed by atoms with Crippen molar-refractivity contribution < 1.29 is 32.0 Å². The SMILES string of the molecule is CCCC[C@@H](OC(=O)C(OC)(c1ccccc1)C(F)(F)F)/C(C)=C/P(=O)(c1ccccc1)c1ccccc1. The molecule has 2 atom stereocenters. The number of rotatable bonds is 11. The summed E-state index contributed by atoms with van der Waals surface area (Å²) in [5.74, 6) is -0.0163. The van der Waals surface area contributed by atoms with Gasteiger partial charge in [0.05, 0.1) is 0 Å². The molecule has 0 spiro atoms. The molecule has 0 radical (unpaired) electrons. The largest absolute Gasteiger partial charge is 0.455 e. The summed E-state index contributed by atoms with van der Waals surface area (Å²) in [5.41, 5.74) is -3.28. The summed E-state index contributed by atoms with van der Waals surface area (Å²) in [7, 11) is -2.52. The first kappa shape index (κ1) is 29.4. The third-order valence-electron chi connectivity index (χ3n) is 6.42. The maximum absolute atomic E-state index is 14.5. The van der Waals surface area contributed by atoms with Gasteiger partial charge in [-0.25, -0.2) is 4.79 Å². The Morgan fingerprint density at radius 3 is 1.79 bits per heavy atom. The minimum atomic E-state index is -5.09. The number of esters is 1. The monoisotopic (exact) mass is 544 g/mol. The van der Waals surface area contributed by atoms with E-state index in [0.717, 1.165) is 13.5 Å². The number of carbonyl (C=O) groups excluding carboxylic acids is 1. The third kappa shape index (κ3) is 6.11. The summed E-state index contributed by atoms with van der Waals surface area (Å²) < 4.78 is 68.3. The molecule has 8 heteroatoms. The quantitative estimate of drug-likeness (QED) is 0.191. The fourth-order valence-electron chi connectivity index (χ4n) is 4.34. The molecule has 1 unspecified atom stereocenters. The van der Waals surface area contributed by atoms with Crippen LogP contribution in [-0.2, 0) is 24.4 Å². The van der Waals surface area contributed by atoms with Gasteiger partial charge in [-0.2, -0.15) is 13.2 Å². The van der Waals surface area contributed by atoms with Crippen LogP contribution in [0.5, 0.6) is 0 Å². The van der Waals surface area contributed by atoms with Crippen molar-refractivity contribution in [3.63, 3.8) is 0 Å². The van der Waals surface area contributed by atoms with E-state index in [0.29, 0.717) is 22.6 Å². The number of hydrogen-bond donors (Lipinski definition) is 0. The third-order valence-corrected chi connectivity index (χ3v) is 9.32.